The lowest BCUT2D eigenvalue weighted by Crippen LogP contribution is -2.48. The maximum atomic E-state index is 5.54. The van der Waals surface area contributed by atoms with Gasteiger partial charge in [-0.25, -0.2) is 4.68 Å². The van der Waals surface area contributed by atoms with Crippen LogP contribution in [0.3, 0.4) is 0 Å². The number of benzene rings is 2. The number of aromatic nitrogens is 4. The third-order valence-electron chi connectivity index (χ3n) is 6.14. The van der Waals surface area contributed by atoms with Gasteiger partial charge in [0, 0.05) is 32.7 Å². The molecule has 1 aliphatic heterocycles. The highest BCUT2D eigenvalue weighted by Crippen LogP contribution is 2.30. The molecule has 178 valence electrons. The minimum atomic E-state index is -0.0558. The van der Waals surface area contributed by atoms with Crippen molar-refractivity contribution in [1.82, 2.24) is 30.0 Å². The number of nitrogens with zero attached hydrogens (tertiary/aromatic N) is 6. The first-order valence-electron chi connectivity index (χ1n) is 11.2. The zero-order valence-corrected chi connectivity index (χ0v) is 20.0. The van der Waals surface area contributed by atoms with Gasteiger partial charge in [0.2, 0.25) is 0 Å². The Bertz CT molecular complexity index is 1130. The largest absolute Gasteiger partial charge is 0.497 e. The Labute approximate surface area is 205 Å². The van der Waals surface area contributed by atoms with Gasteiger partial charge in [0.05, 0.1) is 19.4 Å². The SMILES string of the molecule is COc1ccc(C(c2nnnn2Cc2ccco2)N2CCN(Cc3ccccc3)CC2)cc1.Cl. The van der Waals surface area contributed by atoms with E-state index in [9.17, 15) is 0 Å². The van der Waals surface area contributed by atoms with Crippen LogP contribution in [-0.4, -0.2) is 63.3 Å². The van der Waals surface area contributed by atoms with Gasteiger partial charge in [0.15, 0.2) is 5.82 Å². The number of halogens is 1. The van der Waals surface area contributed by atoms with Gasteiger partial charge in [-0.1, -0.05) is 42.5 Å². The van der Waals surface area contributed by atoms with Gasteiger partial charge in [-0.3, -0.25) is 9.80 Å². The molecule has 4 aromatic rings. The van der Waals surface area contributed by atoms with Gasteiger partial charge < -0.3 is 9.15 Å². The van der Waals surface area contributed by atoms with Crippen LogP contribution in [0.2, 0.25) is 0 Å². The molecule has 0 saturated carbocycles. The van der Waals surface area contributed by atoms with E-state index in [2.05, 4.69) is 67.8 Å². The Morgan fingerprint density at radius 2 is 1.68 bits per heavy atom. The molecular formula is C25H29ClN6O2. The Hall–Kier alpha value is -3.20. The molecule has 5 rings (SSSR count). The Kier molecular flexibility index (Phi) is 7.95. The predicted molar refractivity (Wildman–Crippen MR) is 131 cm³/mol. The van der Waals surface area contributed by atoms with Crippen molar-refractivity contribution in [2.24, 2.45) is 0 Å². The summed E-state index contributed by atoms with van der Waals surface area (Å²) in [6.07, 6.45) is 1.67. The van der Waals surface area contributed by atoms with Crippen LogP contribution in [0.5, 0.6) is 5.75 Å². The molecule has 1 fully saturated rings. The Morgan fingerprint density at radius 3 is 2.35 bits per heavy atom. The fraction of sp³-hybridized carbons (Fsp3) is 0.320. The van der Waals surface area contributed by atoms with Crippen LogP contribution in [0.1, 0.15) is 28.8 Å². The molecule has 2 aromatic carbocycles. The Morgan fingerprint density at radius 1 is 0.912 bits per heavy atom. The van der Waals surface area contributed by atoms with E-state index in [0.29, 0.717) is 6.54 Å². The second kappa shape index (κ2) is 11.3. The summed E-state index contributed by atoms with van der Waals surface area (Å²) >= 11 is 0. The number of ether oxygens (including phenoxy) is 1. The normalized spacial score (nSPS) is 15.6. The average molecular weight is 481 g/mol. The van der Waals surface area contributed by atoms with Crippen LogP contribution in [0.4, 0.5) is 0 Å². The van der Waals surface area contributed by atoms with Crippen LogP contribution in [0.15, 0.2) is 77.4 Å². The fourth-order valence-corrected chi connectivity index (χ4v) is 4.40. The zero-order chi connectivity index (χ0) is 22.5. The first-order chi connectivity index (χ1) is 16.3. The molecule has 1 unspecified atom stereocenters. The smallest absolute Gasteiger partial charge is 0.173 e. The third-order valence-corrected chi connectivity index (χ3v) is 6.14. The van der Waals surface area contributed by atoms with Gasteiger partial charge in [0.25, 0.3) is 0 Å². The highest BCUT2D eigenvalue weighted by Gasteiger charge is 2.31. The van der Waals surface area contributed by atoms with Crippen LogP contribution >= 0.6 is 12.4 Å². The standard InChI is InChI=1S/C25H28N6O2.ClH/c1-32-22-11-9-21(10-12-22)24(25-26-27-28-31(25)19-23-8-5-17-33-23)30-15-13-29(14-16-30)18-20-6-3-2-4-7-20;/h2-12,17,24H,13-16,18-19H2,1H3;1H. The van der Waals surface area contributed by atoms with Gasteiger partial charge in [-0.2, -0.15) is 0 Å². The minimum Gasteiger partial charge on any atom is -0.497 e. The van der Waals surface area contributed by atoms with Crippen molar-refractivity contribution in [3.63, 3.8) is 0 Å². The van der Waals surface area contributed by atoms with E-state index in [1.165, 1.54) is 5.56 Å². The summed E-state index contributed by atoms with van der Waals surface area (Å²) in [7, 11) is 1.68. The van der Waals surface area contributed by atoms with Crippen molar-refractivity contribution in [3.8, 4) is 5.75 Å². The van der Waals surface area contributed by atoms with Crippen molar-refractivity contribution in [1.29, 1.82) is 0 Å². The molecule has 3 heterocycles. The number of rotatable bonds is 8. The number of piperazine rings is 1. The molecule has 0 amide bonds. The molecule has 0 bridgehead atoms. The maximum absolute atomic E-state index is 5.54. The fourth-order valence-electron chi connectivity index (χ4n) is 4.40. The molecule has 9 heteroatoms. The third kappa shape index (κ3) is 5.47. The summed E-state index contributed by atoms with van der Waals surface area (Å²) in [6.45, 7) is 5.30. The number of hydrogen-bond acceptors (Lipinski definition) is 7. The predicted octanol–water partition coefficient (Wildman–Crippen LogP) is 3.65. The van der Waals surface area contributed by atoms with Crippen molar-refractivity contribution >= 4 is 12.4 Å². The lowest BCUT2D eigenvalue weighted by Gasteiger charge is -2.39. The van der Waals surface area contributed by atoms with E-state index in [0.717, 1.165) is 55.6 Å². The van der Waals surface area contributed by atoms with Crippen molar-refractivity contribution in [2.45, 2.75) is 19.1 Å². The van der Waals surface area contributed by atoms with Gasteiger partial charge >= 0.3 is 0 Å². The molecule has 0 N–H and O–H groups in total. The van der Waals surface area contributed by atoms with E-state index in [-0.39, 0.29) is 18.4 Å². The lowest BCUT2D eigenvalue weighted by atomic mass is 10.0. The van der Waals surface area contributed by atoms with Crippen molar-refractivity contribution < 1.29 is 9.15 Å². The van der Waals surface area contributed by atoms with E-state index in [1.807, 2.05) is 28.9 Å². The van der Waals surface area contributed by atoms with Crippen LogP contribution < -0.4 is 4.74 Å². The highest BCUT2D eigenvalue weighted by molar-refractivity contribution is 5.85. The summed E-state index contributed by atoms with van der Waals surface area (Å²) in [5.41, 5.74) is 2.49. The number of tetrazole rings is 1. The number of hydrogen-bond donors (Lipinski definition) is 0. The number of furan rings is 1. The first-order valence-corrected chi connectivity index (χ1v) is 11.2. The molecule has 34 heavy (non-hydrogen) atoms. The second-order valence-corrected chi connectivity index (χ2v) is 8.25. The van der Waals surface area contributed by atoms with Gasteiger partial charge in [0.1, 0.15) is 18.1 Å². The quantitative estimate of drug-likeness (QED) is 0.381. The monoisotopic (exact) mass is 480 g/mol. The summed E-state index contributed by atoms with van der Waals surface area (Å²) in [6, 6.07) is 22.6. The summed E-state index contributed by atoms with van der Waals surface area (Å²) in [4.78, 5) is 4.97. The molecule has 1 saturated heterocycles. The lowest BCUT2D eigenvalue weighted by molar-refractivity contribution is 0.100. The number of methoxy groups -OCH3 is 1. The molecule has 0 spiro atoms. The molecule has 8 nitrogen and oxygen atoms in total. The van der Waals surface area contributed by atoms with E-state index < -0.39 is 0 Å². The van der Waals surface area contributed by atoms with Gasteiger partial charge in [-0.05, 0) is 45.8 Å². The van der Waals surface area contributed by atoms with Crippen molar-refractivity contribution in [2.75, 3.05) is 33.3 Å². The van der Waals surface area contributed by atoms with Gasteiger partial charge in [-0.15, -0.1) is 17.5 Å². The average Bonchev–Trinajstić information content (AvgIpc) is 3.54. The van der Waals surface area contributed by atoms with E-state index >= 15 is 0 Å². The van der Waals surface area contributed by atoms with Crippen LogP contribution in [0.25, 0.3) is 0 Å². The Balaban J connectivity index is 0.00000274. The minimum absolute atomic E-state index is 0. The van der Waals surface area contributed by atoms with Crippen LogP contribution in [0, 0.1) is 0 Å². The summed E-state index contributed by atoms with van der Waals surface area (Å²) in [5.74, 6) is 2.47. The van der Waals surface area contributed by atoms with Crippen molar-refractivity contribution in [3.05, 3.63) is 95.7 Å². The molecule has 1 aliphatic rings. The topological polar surface area (TPSA) is 72.4 Å². The summed E-state index contributed by atoms with van der Waals surface area (Å²) < 4.78 is 12.7. The zero-order valence-electron chi connectivity index (χ0n) is 19.2. The highest BCUT2D eigenvalue weighted by atomic mass is 35.5. The molecule has 0 aliphatic carbocycles. The molecule has 1 atom stereocenters. The maximum Gasteiger partial charge on any atom is 0.173 e. The molecule has 2 aromatic heterocycles. The first kappa shape index (κ1) is 23.9. The molecule has 0 radical (unpaired) electrons. The second-order valence-electron chi connectivity index (χ2n) is 8.25. The van der Waals surface area contributed by atoms with E-state index in [1.54, 1.807) is 13.4 Å². The molecular weight excluding hydrogens is 452 g/mol. The van der Waals surface area contributed by atoms with E-state index in [4.69, 9.17) is 9.15 Å². The summed E-state index contributed by atoms with van der Waals surface area (Å²) in [5, 5.41) is 12.7. The van der Waals surface area contributed by atoms with Crippen LogP contribution in [-0.2, 0) is 13.1 Å².